The zero-order chi connectivity index (χ0) is 15.2. The molecule has 1 aromatic rings. The molecule has 0 aromatic heterocycles. The van der Waals surface area contributed by atoms with E-state index in [1.165, 1.54) is 0 Å². The standard InChI is InChI=1S/C16H23BrN2O2/c1-3-15(21-14-6-4-12(17)5-7-14)16(20)18-13-8-10-19(2)11-9-13/h4-7,13,15H,3,8-11H2,1-2H3,(H,18,20). The van der Waals surface area contributed by atoms with E-state index in [1.54, 1.807) is 0 Å². The molecule has 1 aliphatic rings. The van der Waals surface area contributed by atoms with Crippen molar-refractivity contribution in [1.82, 2.24) is 10.2 Å². The van der Waals surface area contributed by atoms with Gasteiger partial charge in [0.05, 0.1) is 0 Å². The Bertz CT molecular complexity index is 456. The highest BCUT2D eigenvalue weighted by Gasteiger charge is 2.23. The Morgan fingerprint density at radius 3 is 2.57 bits per heavy atom. The molecule has 0 saturated carbocycles. The average Bonchev–Trinajstić information content (AvgIpc) is 2.49. The summed E-state index contributed by atoms with van der Waals surface area (Å²) in [4.78, 5) is 14.6. The van der Waals surface area contributed by atoms with Gasteiger partial charge in [-0.05, 0) is 63.7 Å². The van der Waals surface area contributed by atoms with E-state index in [2.05, 4.69) is 33.2 Å². The number of hydrogen-bond donors (Lipinski definition) is 1. The van der Waals surface area contributed by atoms with Crippen molar-refractivity contribution in [2.45, 2.75) is 38.3 Å². The van der Waals surface area contributed by atoms with Gasteiger partial charge in [-0.15, -0.1) is 0 Å². The van der Waals surface area contributed by atoms with Crippen LogP contribution in [0.4, 0.5) is 0 Å². The lowest BCUT2D eigenvalue weighted by Gasteiger charge is -2.30. The van der Waals surface area contributed by atoms with Crippen LogP contribution in [0.3, 0.4) is 0 Å². The lowest BCUT2D eigenvalue weighted by atomic mass is 10.1. The van der Waals surface area contributed by atoms with E-state index in [4.69, 9.17) is 4.74 Å². The second-order valence-corrected chi connectivity index (χ2v) is 6.47. The lowest BCUT2D eigenvalue weighted by molar-refractivity contribution is -0.129. The summed E-state index contributed by atoms with van der Waals surface area (Å²) in [6.07, 6.45) is 2.26. The number of halogens is 1. The van der Waals surface area contributed by atoms with Crippen LogP contribution >= 0.6 is 15.9 Å². The molecule has 1 heterocycles. The monoisotopic (exact) mass is 354 g/mol. The first-order valence-corrected chi connectivity index (χ1v) is 8.29. The van der Waals surface area contributed by atoms with Crippen LogP contribution in [0.2, 0.25) is 0 Å². The Hall–Kier alpha value is -1.07. The molecular formula is C16H23BrN2O2. The normalized spacial score (nSPS) is 18.2. The third-order valence-electron chi connectivity index (χ3n) is 3.82. The average molecular weight is 355 g/mol. The van der Waals surface area contributed by atoms with Crippen molar-refractivity contribution in [3.63, 3.8) is 0 Å². The van der Waals surface area contributed by atoms with Crippen molar-refractivity contribution in [1.29, 1.82) is 0 Å². The molecule has 5 heteroatoms. The molecule has 1 unspecified atom stereocenters. The Labute approximate surface area is 135 Å². The van der Waals surface area contributed by atoms with E-state index in [1.807, 2.05) is 31.2 Å². The molecule has 0 bridgehead atoms. The van der Waals surface area contributed by atoms with E-state index in [0.717, 1.165) is 36.2 Å². The smallest absolute Gasteiger partial charge is 0.261 e. The number of benzene rings is 1. The molecule has 1 aromatic carbocycles. The van der Waals surface area contributed by atoms with Crippen molar-refractivity contribution < 1.29 is 9.53 Å². The van der Waals surface area contributed by atoms with Crippen molar-refractivity contribution in [2.75, 3.05) is 20.1 Å². The van der Waals surface area contributed by atoms with Crippen molar-refractivity contribution in [2.24, 2.45) is 0 Å². The van der Waals surface area contributed by atoms with Crippen LogP contribution in [0.5, 0.6) is 5.75 Å². The number of piperidine rings is 1. The maximum atomic E-state index is 12.3. The predicted molar refractivity (Wildman–Crippen MR) is 87.5 cm³/mol. The molecule has 1 N–H and O–H groups in total. The summed E-state index contributed by atoms with van der Waals surface area (Å²) >= 11 is 3.39. The summed E-state index contributed by atoms with van der Waals surface area (Å²) in [5.41, 5.74) is 0. The van der Waals surface area contributed by atoms with Crippen LogP contribution in [0.25, 0.3) is 0 Å². The van der Waals surface area contributed by atoms with Gasteiger partial charge in [-0.2, -0.15) is 0 Å². The van der Waals surface area contributed by atoms with Crippen LogP contribution in [-0.4, -0.2) is 43.1 Å². The molecule has 1 saturated heterocycles. The Morgan fingerprint density at radius 2 is 2.00 bits per heavy atom. The highest BCUT2D eigenvalue weighted by atomic mass is 79.9. The van der Waals surface area contributed by atoms with E-state index in [9.17, 15) is 4.79 Å². The minimum atomic E-state index is -0.425. The summed E-state index contributed by atoms with van der Waals surface area (Å²) in [6, 6.07) is 7.84. The number of likely N-dealkylation sites (tertiary alicyclic amines) is 1. The van der Waals surface area contributed by atoms with Crippen molar-refractivity contribution in [3.05, 3.63) is 28.7 Å². The van der Waals surface area contributed by atoms with Crippen LogP contribution in [0, 0.1) is 0 Å². The maximum absolute atomic E-state index is 12.3. The summed E-state index contributed by atoms with van der Waals surface area (Å²) in [6.45, 7) is 4.04. The third-order valence-corrected chi connectivity index (χ3v) is 4.35. The number of ether oxygens (including phenoxy) is 1. The number of nitrogens with one attached hydrogen (secondary N) is 1. The Morgan fingerprint density at radius 1 is 1.38 bits per heavy atom. The van der Waals surface area contributed by atoms with Gasteiger partial charge >= 0.3 is 0 Å². The number of rotatable bonds is 5. The van der Waals surface area contributed by atoms with Crippen LogP contribution in [-0.2, 0) is 4.79 Å². The van der Waals surface area contributed by atoms with E-state index in [0.29, 0.717) is 6.42 Å². The molecule has 0 spiro atoms. The number of amides is 1. The first-order valence-electron chi connectivity index (χ1n) is 7.49. The fraction of sp³-hybridized carbons (Fsp3) is 0.562. The van der Waals surface area contributed by atoms with E-state index in [-0.39, 0.29) is 11.9 Å². The quantitative estimate of drug-likeness (QED) is 0.883. The fourth-order valence-corrected chi connectivity index (χ4v) is 2.71. The molecule has 116 valence electrons. The summed E-state index contributed by atoms with van der Waals surface area (Å²) in [5, 5.41) is 3.12. The number of nitrogens with zero attached hydrogens (tertiary/aromatic N) is 1. The molecule has 21 heavy (non-hydrogen) atoms. The van der Waals surface area contributed by atoms with Crippen LogP contribution in [0.15, 0.2) is 28.7 Å². The molecule has 0 aliphatic carbocycles. The maximum Gasteiger partial charge on any atom is 0.261 e. The summed E-state index contributed by atoms with van der Waals surface area (Å²) < 4.78 is 6.80. The highest BCUT2D eigenvalue weighted by Crippen LogP contribution is 2.18. The van der Waals surface area contributed by atoms with Gasteiger partial charge in [0.15, 0.2) is 6.10 Å². The fourth-order valence-electron chi connectivity index (χ4n) is 2.45. The van der Waals surface area contributed by atoms with Gasteiger partial charge in [-0.25, -0.2) is 0 Å². The molecule has 1 aliphatic heterocycles. The minimum Gasteiger partial charge on any atom is -0.481 e. The molecule has 4 nitrogen and oxygen atoms in total. The van der Waals surface area contributed by atoms with Gasteiger partial charge < -0.3 is 15.0 Å². The van der Waals surface area contributed by atoms with Crippen molar-refractivity contribution >= 4 is 21.8 Å². The number of hydrogen-bond acceptors (Lipinski definition) is 3. The van der Waals surface area contributed by atoms with Gasteiger partial charge in [-0.1, -0.05) is 22.9 Å². The topological polar surface area (TPSA) is 41.6 Å². The molecule has 1 amide bonds. The minimum absolute atomic E-state index is 0.00466. The third kappa shape index (κ3) is 5.00. The first-order chi connectivity index (χ1) is 10.1. The Kier molecular flexibility index (Phi) is 6.06. The summed E-state index contributed by atoms with van der Waals surface area (Å²) in [7, 11) is 2.11. The molecular weight excluding hydrogens is 332 g/mol. The SMILES string of the molecule is CCC(Oc1ccc(Br)cc1)C(=O)NC1CCN(C)CC1. The zero-order valence-corrected chi connectivity index (χ0v) is 14.2. The zero-order valence-electron chi connectivity index (χ0n) is 12.6. The van der Waals surface area contributed by atoms with Crippen LogP contribution < -0.4 is 10.1 Å². The van der Waals surface area contributed by atoms with Gasteiger partial charge in [0.25, 0.3) is 5.91 Å². The van der Waals surface area contributed by atoms with Gasteiger partial charge in [-0.3, -0.25) is 4.79 Å². The molecule has 2 rings (SSSR count). The van der Waals surface area contributed by atoms with Gasteiger partial charge in [0.2, 0.25) is 0 Å². The van der Waals surface area contributed by atoms with E-state index < -0.39 is 6.10 Å². The highest BCUT2D eigenvalue weighted by molar-refractivity contribution is 9.10. The molecule has 1 atom stereocenters. The van der Waals surface area contributed by atoms with Gasteiger partial charge in [0.1, 0.15) is 5.75 Å². The number of carbonyl (C=O) groups excluding carboxylic acids is 1. The second-order valence-electron chi connectivity index (χ2n) is 5.55. The number of carbonyl (C=O) groups is 1. The first kappa shape index (κ1) is 16.3. The van der Waals surface area contributed by atoms with Gasteiger partial charge in [0, 0.05) is 10.5 Å². The molecule has 1 fully saturated rings. The molecule has 0 radical (unpaired) electrons. The second kappa shape index (κ2) is 7.80. The predicted octanol–water partition coefficient (Wildman–Crippen LogP) is 2.82. The Balaban J connectivity index is 1.87. The van der Waals surface area contributed by atoms with Crippen LogP contribution in [0.1, 0.15) is 26.2 Å². The van der Waals surface area contributed by atoms with Crippen molar-refractivity contribution in [3.8, 4) is 5.75 Å². The largest absolute Gasteiger partial charge is 0.481 e. The summed E-state index contributed by atoms with van der Waals surface area (Å²) in [5.74, 6) is 0.721. The van der Waals surface area contributed by atoms with E-state index >= 15 is 0 Å². The lowest BCUT2D eigenvalue weighted by Crippen LogP contribution is -2.47.